The third-order valence-electron chi connectivity index (χ3n) is 3.49. The van der Waals surface area contributed by atoms with E-state index < -0.39 is 6.04 Å². The van der Waals surface area contributed by atoms with Gasteiger partial charge in [-0.25, -0.2) is 0 Å². The fourth-order valence-corrected chi connectivity index (χ4v) is 2.20. The average Bonchev–Trinajstić information content (AvgIpc) is 2.34. The molecule has 1 atom stereocenters. The molecule has 0 aromatic rings. The van der Waals surface area contributed by atoms with Gasteiger partial charge in [0, 0.05) is 45.4 Å². The second kappa shape index (κ2) is 6.50. The Morgan fingerprint density at radius 1 is 1.28 bits per heavy atom. The van der Waals surface area contributed by atoms with E-state index in [0.717, 1.165) is 26.2 Å². The lowest BCUT2D eigenvalue weighted by Crippen LogP contribution is -2.57. The third kappa shape index (κ3) is 4.23. The standard InChI is InChI=1S/C13H27N3O2/c1-13(2,3)16-8-6-15(7-9-16)12(17)11(14)5-10-18-4/h11H,5-10,14H2,1-4H3/t11-/m0/s1. The first-order valence-electron chi connectivity index (χ1n) is 6.64. The topological polar surface area (TPSA) is 58.8 Å². The summed E-state index contributed by atoms with van der Waals surface area (Å²) in [7, 11) is 1.62. The van der Waals surface area contributed by atoms with Crippen molar-refractivity contribution in [3.63, 3.8) is 0 Å². The van der Waals surface area contributed by atoms with Crippen molar-refractivity contribution in [1.29, 1.82) is 0 Å². The molecule has 0 bridgehead atoms. The van der Waals surface area contributed by atoms with Gasteiger partial charge in [-0.15, -0.1) is 0 Å². The van der Waals surface area contributed by atoms with Gasteiger partial charge in [0.05, 0.1) is 6.04 Å². The minimum atomic E-state index is -0.425. The Morgan fingerprint density at radius 2 is 1.83 bits per heavy atom. The molecular weight excluding hydrogens is 230 g/mol. The van der Waals surface area contributed by atoms with Gasteiger partial charge in [-0.05, 0) is 27.2 Å². The SMILES string of the molecule is COCC[C@H](N)C(=O)N1CCN(C(C)(C)C)CC1. The number of amides is 1. The molecule has 2 N–H and O–H groups in total. The lowest BCUT2D eigenvalue weighted by Gasteiger charge is -2.42. The Balaban J connectivity index is 2.40. The van der Waals surface area contributed by atoms with Crippen LogP contribution < -0.4 is 5.73 Å². The van der Waals surface area contributed by atoms with Gasteiger partial charge < -0.3 is 15.4 Å². The minimum Gasteiger partial charge on any atom is -0.385 e. The summed E-state index contributed by atoms with van der Waals surface area (Å²) in [5.41, 5.74) is 6.04. The first-order valence-corrected chi connectivity index (χ1v) is 6.64. The van der Waals surface area contributed by atoms with Gasteiger partial charge >= 0.3 is 0 Å². The number of methoxy groups -OCH3 is 1. The molecule has 1 heterocycles. The van der Waals surface area contributed by atoms with Crippen LogP contribution in [0.3, 0.4) is 0 Å². The maximum absolute atomic E-state index is 12.1. The van der Waals surface area contributed by atoms with Crippen LogP contribution in [0, 0.1) is 0 Å². The monoisotopic (exact) mass is 257 g/mol. The van der Waals surface area contributed by atoms with Gasteiger partial charge in [-0.2, -0.15) is 0 Å². The minimum absolute atomic E-state index is 0.0561. The van der Waals surface area contributed by atoms with Gasteiger partial charge in [0.1, 0.15) is 0 Å². The highest BCUT2D eigenvalue weighted by molar-refractivity contribution is 5.81. The van der Waals surface area contributed by atoms with E-state index in [1.807, 2.05) is 4.90 Å². The average molecular weight is 257 g/mol. The number of carbonyl (C=O) groups is 1. The van der Waals surface area contributed by atoms with E-state index >= 15 is 0 Å². The summed E-state index contributed by atoms with van der Waals surface area (Å²) in [6, 6.07) is -0.425. The summed E-state index contributed by atoms with van der Waals surface area (Å²) in [5.74, 6) is 0.0561. The van der Waals surface area contributed by atoms with Crippen molar-refractivity contribution in [2.24, 2.45) is 5.73 Å². The van der Waals surface area contributed by atoms with Crippen LogP contribution in [0.5, 0.6) is 0 Å². The highest BCUT2D eigenvalue weighted by Crippen LogP contribution is 2.16. The fourth-order valence-electron chi connectivity index (χ4n) is 2.20. The van der Waals surface area contributed by atoms with Crippen LogP contribution in [0.2, 0.25) is 0 Å². The normalized spacial score (nSPS) is 19.9. The smallest absolute Gasteiger partial charge is 0.239 e. The van der Waals surface area contributed by atoms with Crippen LogP contribution in [0.15, 0.2) is 0 Å². The molecule has 0 radical (unpaired) electrons. The van der Waals surface area contributed by atoms with Crippen molar-refractivity contribution in [2.45, 2.75) is 38.8 Å². The second-order valence-electron chi connectivity index (χ2n) is 5.87. The summed E-state index contributed by atoms with van der Waals surface area (Å²) in [5, 5.41) is 0. The van der Waals surface area contributed by atoms with Crippen LogP contribution in [0.1, 0.15) is 27.2 Å². The molecule has 5 nitrogen and oxygen atoms in total. The van der Waals surface area contributed by atoms with E-state index in [2.05, 4.69) is 25.7 Å². The van der Waals surface area contributed by atoms with Gasteiger partial charge in [-0.3, -0.25) is 9.69 Å². The Morgan fingerprint density at radius 3 is 2.28 bits per heavy atom. The molecular formula is C13H27N3O2. The van der Waals surface area contributed by atoms with Crippen molar-refractivity contribution in [1.82, 2.24) is 9.80 Å². The predicted octanol–water partition coefficient (Wildman–Crippen LogP) is 0.293. The number of ether oxygens (including phenoxy) is 1. The zero-order valence-electron chi connectivity index (χ0n) is 12.1. The maximum Gasteiger partial charge on any atom is 0.239 e. The quantitative estimate of drug-likeness (QED) is 0.786. The molecule has 1 saturated heterocycles. The zero-order chi connectivity index (χ0) is 13.8. The molecule has 1 fully saturated rings. The predicted molar refractivity (Wildman–Crippen MR) is 72.4 cm³/mol. The number of nitrogens with zero attached hydrogens (tertiary/aromatic N) is 2. The lowest BCUT2D eigenvalue weighted by molar-refractivity contribution is -0.135. The Labute approximate surface area is 110 Å². The van der Waals surface area contributed by atoms with Crippen molar-refractivity contribution in [3.05, 3.63) is 0 Å². The molecule has 106 valence electrons. The van der Waals surface area contributed by atoms with Crippen LogP contribution in [-0.2, 0) is 9.53 Å². The van der Waals surface area contributed by atoms with E-state index in [4.69, 9.17) is 10.5 Å². The van der Waals surface area contributed by atoms with Crippen molar-refractivity contribution < 1.29 is 9.53 Å². The van der Waals surface area contributed by atoms with Gasteiger partial charge in [0.15, 0.2) is 0 Å². The van der Waals surface area contributed by atoms with E-state index in [1.165, 1.54) is 0 Å². The molecule has 18 heavy (non-hydrogen) atoms. The van der Waals surface area contributed by atoms with E-state index in [1.54, 1.807) is 7.11 Å². The summed E-state index contributed by atoms with van der Waals surface area (Å²) < 4.78 is 4.95. The van der Waals surface area contributed by atoms with Gasteiger partial charge in [0.25, 0.3) is 0 Å². The van der Waals surface area contributed by atoms with Crippen LogP contribution in [0.4, 0.5) is 0 Å². The molecule has 0 aromatic carbocycles. The van der Waals surface area contributed by atoms with Crippen LogP contribution in [0.25, 0.3) is 0 Å². The summed E-state index contributed by atoms with van der Waals surface area (Å²) >= 11 is 0. The summed E-state index contributed by atoms with van der Waals surface area (Å²) in [6.45, 7) is 10.5. The Hall–Kier alpha value is -0.650. The molecule has 0 aromatic heterocycles. The fraction of sp³-hybridized carbons (Fsp3) is 0.923. The highest BCUT2D eigenvalue weighted by atomic mass is 16.5. The highest BCUT2D eigenvalue weighted by Gasteiger charge is 2.29. The first kappa shape index (κ1) is 15.4. The molecule has 5 heteroatoms. The Bertz CT molecular complexity index is 268. The third-order valence-corrected chi connectivity index (χ3v) is 3.49. The summed E-state index contributed by atoms with van der Waals surface area (Å²) in [6.07, 6.45) is 0.592. The molecule has 1 rings (SSSR count). The first-order chi connectivity index (χ1) is 8.36. The van der Waals surface area contributed by atoms with Crippen LogP contribution >= 0.6 is 0 Å². The number of carbonyl (C=O) groups excluding carboxylic acids is 1. The molecule has 1 aliphatic rings. The Kier molecular flexibility index (Phi) is 5.56. The van der Waals surface area contributed by atoms with Crippen molar-refractivity contribution in [3.8, 4) is 0 Å². The lowest BCUT2D eigenvalue weighted by atomic mass is 10.0. The molecule has 0 spiro atoms. The van der Waals surface area contributed by atoms with E-state index in [-0.39, 0.29) is 11.4 Å². The van der Waals surface area contributed by atoms with E-state index in [9.17, 15) is 4.79 Å². The summed E-state index contributed by atoms with van der Waals surface area (Å²) in [4.78, 5) is 16.4. The van der Waals surface area contributed by atoms with E-state index in [0.29, 0.717) is 13.0 Å². The van der Waals surface area contributed by atoms with Gasteiger partial charge in [0.2, 0.25) is 5.91 Å². The van der Waals surface area contributed by atoms with Crippen molar-refractivity contribution in [2.75, 3.05) is 39.9 Å². The van der Waals surface area contributed by atoms with Crippen LogP contribution in [-0.4, -0.2) is 67.2 Å². The number of piperazine rings is 1. The van der Waals surface area contributed by atoms with Gasteiger partial charge in [-0.1, -0.05) is 0 Å². The van der Waals surface area contributed by atoms with Crippen molar-refractivity contribution >= 4 is 5.91 Å². The molecule has 0 saturated carbocycles. The number of hydrogen-bond donors (Lipinski definition) is 1. The second-order valence-corrected chi connectivity index (χ2v) is 5.87. The molecule has 0 aliphatic carbocycles. The molecule has 0 unspecified atom stereocenters. The largest absolute Gasteiger partial charge is 0.385 e. The molecule has 1 amide bonds. The molecule has 1 aliphatic heterocycles. The number of nitrogens with two attached hydrogens (primary N) is 1. The number of rotatable bonds is 4. The maximum atomic E-state index is 12.1. The number of hydrogen-bond acceptors (Lipinski definition) is 4. The zero-order valence-corrected chi connectivity index (χ0v) is 12.1.